The number of hydrogen-bond donors (Lipinski definition) is 1. The zero-order valence-electron chi connectivity index (χ0n) is 12.2. The number of fused-ring (bicyclic) bond motifs is 1. The molecule has 0 spiro atoms. The molecule has 0 saturated carbocycles. The van der Waals surface area contributed by atoms with E-state index in [0.717, 1.165) is 32.5 Å². The van der Waals surface area contributed by atoms with Crippen molar-refractivity contribution in [2.24, 2.45) is 0 Å². The number of nitrogens with one attached hydrogen (secondary N) is 1. The molecular formula is C17H17FN3O. The molecule has 4 nitrogen and oxygen atoms in total. The van der Waals surface area contributed by atoms with Crippen LogP contribution in [-0.4, -0.2) is 29.5 Å². The predicted octanol–water partition coefficient (Wildman–Crippen LogP) is 2.38. The van der Waals surface area contributed by atoms with Gasteiger partial charge in [0.15, 0.2) is 0 Å². The maximum absolute atomic E-state index is 14.1. The van der Waals surface area contributed by atoms with Gasteiger partial charge >= 0.3 is 0 Å². The van der Waals surface area contributed by atoms with Crippen LogP contribution in [0.4, 0.5) is 4.39 Å². The highest BCUT2D eigenvalue weighted by atomic mass is 19.1. The van der Waals surface area contributed by atoms with Crippen molar-refractivity contribution in [1.82, 2.24) is 9.88 Å². The first-order valence-electron chi connectivity index (χ1n) is 7.47. The van der Waals surface area contributed by atoms with E-state index in [4.69, 9.17) is 5.26 Å². The summed E-state index contributed by atoms with van der Waals surface area (Å²) in [4.78, 5) is 17.1. The van der Waals surface area contributed by atoms with Gasteiger partial charge in [0, 0.05) is 17.5 Å². The molecule has 22 heavy (non-hydrogen) atoms. The Morgan fingerprint density at radius 2 is 2.05 bits per heavy atom. The molecule has 2 heterocycles. The number of hydrogen-bond acceptors (Lipinski definition) is 3. The normalized spacial score (nSPS) is 15.8. The number of nitriles is 1. The minimum absolute atomic E-state index is 0.203. The number of halogens is 1. The van der Waals surface area contributed by atoms with E-state index < -0.39 is 5.82 Å². The molecule has 1 aromatic heterocycles. The van der Waals surface area contributed by atoms with Crippen LogP contribution in [0.15, 0.2) is 23.0 Å². The third-order valence-corrected chi connectivity index (χ3v) is 4.11. The summed E-state index contributed by atoms with van der Waals surface area (Å²) in [5, 5.41) is 9.22. The van der Waals surface area contributed by atoms with Gasteiger partial charge in [-0.25, -0.2) is 4.39 Å². The van der Waals surface area contributed by atoms with Crippen LogP contribution in [0.25, 0.3) is 10.9 Å². The number of benzene rings is 1. The molecule has 1 saturated heterocycles. The minimum atomic E-state index is -0.473. The summed E-state index contributed by atoms with van der Waals surface area (Å²) in [6.45, 7) is 2.84. The van der Waals surface area contributed by atoms with Crippen LogP contribution in [0.3, 0.4) is 0 Å². The standard InChI is InChI=1S/C17H17FN3O/c18-15-8-12(11-19)9-16-14(15)10-13(17(22)20-16)4-7-21-5-2-1-3-6-21/h1,8-10H,2-7H2,(H,20,22). The first kappa shape index (κ1) is 14.7. The van der Waals surface area contributed by atoms with Crippen LogP contribution in [-0.2, 0) is 6.42 Å². The largest absolute Gasteiger partial charge is 0.322 e. The summed E-state index contributed by atoms with van der Waals surface area (Å²) in [7, 11) is 0. The smallest absolute Gasteiger partial charge is 0.251 e. The van der Waals surface area contributed by atoms with Crippen LogP contribution >= 0.6 is 0 Å². The summed E-state index contributed by atoms with van der Waals surface area (Å²) in [6.07, 6.45) is 5.05. The predicted molar refractivity (Wildman–Crippen MR) is 82.9 cm³/mol. The number of nitrogens with zero attached hydrogens (tertiary/aromatic N) is 2. The average Bonchev–Trinajstić information content (AvgIpc) is 2.54. The number of aromatic amines is 1. The highest BCUT2D eigenvalue weighted by molar-refractivity contribution is 5.81. The van der Waals surface area contributed by atoms with Gasteiger partial charge in [-0.2, -0.15) is 5.26 Å². The molecule has 1 aliphatic heterocycles. The Morgan fingerprint density at radius 1 is 1.27 bits per heavy atom. The topological polar surface area (TPSA) is 59.9 Å². The lowest BCUT2D eigenvalue weighted by Crippen LogP contribution is -2.32. The number of pyridine rings is 1. The van der Waals surface area contributed by atoms with Gasteiger partial charge in [-0.15, -0.1) is 0 Å². The zero-order valence-corrected chi connectivity index (χ0v) is 12.2. The van der Waals surface area contributed by atoms with Crippen LogP contribution < -0.4 is 5.56 Å². The van der Waals surface area contributed by atoms with E-state index in [1.807, 2.05) is 6.07 Å². The van der Waals surface area contributed by atoms with Crippen molar-refractivity contribution in [1.29, 1.82) is 5.26 Å². The van der Waals surface area contributed by atoms with Gasteiger partial charge in [0.25, 0.3) is 5.56 Å². The van der Waals surface area contributed by atoms with E-state index in [1.54, 1.807) is 6.07 Å². The van der Waals surface area contributed by atoms with Crippen molar-refractivity contribution in [2.75, 3.05) is 19.6 Å². The van der Waals surface area contributed by atoms with Gasteiger partial charge in [-0.3, -0.25) is 4.79 Å². The second-order valence-corrected chi connectivity index (χ2v) is 5.61. The van der Waals surface area contributed by atoms with Crippen molar-refractivity contribution in [3.8, 4) is 6.07 Å². The van der Waals surface area contributed by atoms with Crippen molar-refractivity contribution in [2.45, 2.75) is 19.3 Å². The minimum Gasteiger partial charge on any atom is -0.322 e. The van der Waals surface area contributed by atoms with E-state index in [9.17, 15) is 9.18 Å². The fourth-order valence-electron chi connectivity index (χ4n) is 2.87. The molecule has 1 N–H and O–H groups in total. The van der Waals surface area contributed by atoms with Crippen LogP contribution in [0.2, 0.25) is 0 Å². The summed E-state index contributed by atoms with van der Waals surface area (Å²) < 4.78 is 14.1. The Balaban J connectivity index is 1.87. The number of rotatable bonds is 3. The van der Waals surface area contributed by atoms with Gasteiger partial charge in [0.2, 0.25) is 0 Å². The molecule has 0 atom stereocenters. The first-order valence-corrected chi connectivity index (χ1v) is 7.47. The molecule has 5 heteroatoms. The molecule has 1 aromatic carbocycles. The lowest BCUT2D eigenvalue weighted by atomic mass is 10.1. The molecule has 3 rings (SSSR count). The second-order valence-electron chi connectivity index (χ2n) is 5.61. The van der Waals surface area contributed by atoms with E-state index in [-0.39, 0.29) is 11.1 Å². The molecule has 1 aliphatic rings. The number of piperidine rings is 1. The molecule has 1 fully saturated rings. The van der Waals surface area contributed by atoms with Crippen molar-refractivity contribution >= 4 is 10.9 Å². The lowest BCUT2D eigenvalue weighted by molar-refractivity contribution is 0.257. The maximum atomic E-state index is 14.1. The van der Waals surface area contributed by atoms with Crippen LogP contribution in [0, 0.1) is 23.6 Å². The molecule has 0 aliphatic carbocycles. The molecule has 0 unspecified atom stereocenters. The van der Waals surface area contributed by atoms with Crippen molar-refractivity contribution in [3.05, 3.63) is 51.9 Å². The van der Waals surface area contributed by atoms with Gasteiger partial charge in [0.1, 0.15) is 5.82 Å². The highest BCUT2D eigenvalue weighted by Gasteiger charge is 2.12. The Hall–Kier alpha value is -2.19. The van der Waals surface area contributed by atoms with Gasteiger partial charge < -0.3 is 9.88 Å². The highest BCUT2D eigenvalue weighted by Crippen LogP contribution is 2.18. The van der Waals surface area contributed by atoms with E-state index in [0.29, 0.717) is 22.9 Å². The molecule has 1 radical (unpaired) electrons. The number of likely N-dealkylation sites (tertiary alicyclic amines) is 1. The second kappa shape index (κ2) is 6.29. The number of aromatic nitrogens is 1. The number of H-pyrrole nitrogens is 1. The Kier molecular flexibility index (Phi) is 4.21. The lowest BCUT2D eigenvalue weighted by Gasteiger charge is -2.26. The quantitative estimate of drug-likeness (QED) is 0.946. The van der Waals surface area contributed by atoms with Crippen molar-refractivity contribution in [3.63, 3.8) is 0 Å². The third kappa shape index (κ3) is 3.02. The SMILES string of the molecule is N#Cc1cc(F)c2cc(CCN3CC[CH]CC3)c(=O)[nH]c2c1. The van der Waals surface area contributed by atoms with Crippen LogP contribution in [0.5, 0.6) is 0 Å². The maximum Gasteiger partial charge on any atom is 0.251 e. The van der Waals surface area contributed by atoms with Gasteiger partial charge in [0.05, 0.1) is 17.1 Å². The van der Waals surface area contributed by atoms with E-state index >= 15 is 0 Å². The van der Waals surface area contributed by atoms with Crippen molar-refractivity contribution < 1.29 is 4.39 Å². The fraction of sp³-hybridized carbons (Fsp3) is 0.353. The Morgan fingerprint density at radius 3 is 2.77 bits per heavy atom. The zero-order chi connectivity index (χ0) is 15.5. The average molecular weight is 298 g/mol. The molecule has 113 valence electrons. The Bertz CT molecular complexity index is 785. The van der Waals surface area contributed by atoms with E-state index in [1.165, 1.54) is 12.1 Å². The summed E-state index contributed by atoms with van der Waals surface area (Å²) in [5.41, 5.74) is 0.965. The fourth-order valence-corrected chi connectivity index (χ4v) is 2.87. The molecule has 2 aromatic rings. The molecular weight excluding hydrogens is 281 g/mol. The Labute approximate surface area is 128 Å². The first-order chi connectivity index (χ1) is 10.7. The van der Waals surface area contributed by atoms with Crippen LogP contribution in [0.1, 0.15) is 24.0 Å². The third-order valence-electron chi connectivity index (χ3n) is 4.11. The summed E-state index contributed by atoms with van der Waals surface area (Å²) in [5.74, 6) is -0.473. The van der Waals surface area contributed by atoms with E-state index in [2.05, 4.69) is 16.3 Å². The van der Waals surface area contributed by atoms with Gasteiger partial charge in [-0.1, -0.05) is 0 Å². The monoisotopic (exact) mass is 298 g/mol. The summed E-state index contributed by atoms with van der Waals surface area (Å²) >= 11 is 0. The molecule has 0 bridgehead atoms. The van der Waals surface area contributed by atoms with Gasteiger partial charge in [-0.05, 0) is 57.0 Å². The molecule has 0 amide bonds. The summed E-state index contributed by atoms with van der Waals surface area (Å²) in [6, 6.07) is 6.21.